The highest BCUT2D eigenvalue weighted by molar-refractivity contribution is 9.10. The highest BCUT2D eigenvalue weighted by Crippen LogP contribution is 2.29. The smallest absolute Gasteiger partial charge is 0.319 e. The summed E-state index contributed by atoms with van der Waals surface area (Å²) in [7, 11) is 0. The number of allylic oxidation sites excluding steroid dienone is 1. The van der Waals surface area contributed by atoms with Crippen molar-refractivity contribution in [1.82, 2.24) is 10.6 Å². The largest absolute Gasteiger partial charge is 0.327 e. The predicted molar refractivity (Wildman–Crippen MR) is 96.3 cm³/mol. The number of hydrogen-bond donors (Lipinski definition) is 3. The van der Waals surface area contributed by atoms with Crippen LogP contribution in [0.2, 0.25) is 0 Å². The molecule has 0 fully saturated rings. The van der Waals surface area contributed by atoms with Crippen molar-refractivity contribution in [2.45, 2.75) is 13.0 Å². The molecule has 1 aliphatic rings. The molecule has 0 aliphatic carbocycles. The van der Waals surface area contributed by atoms with Crippen molar-refractivity contribution in [3.63, 3.8) is 0 Å². The van der Waals surface area contributed by atoms with Crippen molar-refractivity contribution in [1.29, 1.82) is 0 Å². The lowest BCUT2D eigenvalue weighted by Gasteiger charge is -2.28. The van der Waals surface area contributed by atoms with Crippen LogP contribution in [-0.2, 0) is 4.79 Å². The Morgan fingerprint density at radius 2 is 1.84 bits per heavy atom. The van der Waals surface area contributed by atoms with Crippen molar-refractivity contribution in [2.75, 3.05) is 5.32 Å². The lowest BCUT2D eigenvalue weighted by atomic mass is 9.94. The minimum Gasteiger partial charge on any atom is -0.327 e. The molecule has 0 bridgehead atoms. The van der Waals surface area contributed by atoms with Crippen LogP contribution < -0.4 is 16.0 Å². The standard InChI is InChI=1S/C18H15BrFN3O2/c1-10-15(17(24)22-12-8-6-11(19)7-9-12)16(23-18(25)21-10)13-4-2-3-5-14(13)20/h2-9,16H,1H3,(H,22,24)(H2,21,23,25)/t16-/m0/s1. The van der Waals surface area contributed by atoms with E-state index in [0.717, 1.165) is 4.47 Å². The zero-order valence-corrected chi connectivity index (χ0v) is 14.9. The Balaban J connectivity index is 1.96. The molecule has 0 saturated carbocycles. The minimum absolute atomic E-state index is 0.234. The molecule has 0 aromatic heterocycles. The fourth-order valence-electron chi connectivity index (χ4n) is 2.67. The van der Waals surface area contributed by atoms with Crippen LogP contribution in [0.25, 0.3) is 0 Å². The third kappa shape index (κ3) is 3.71. The van der Waals surface area contributed by atoms with Crippen LogP contribution in [0.4, 0.5) is 14.9 Å². The molecule has 2 aromatic carbocycles. The summed E-state index contributed by atoms with van der Waals surface area (Å²) < 4.78 is 15.1. The molecule has 128 valence electrons. The number of urea groups is 1. The Kier molecular flexibility index (Phi) is 4.85. The minimum atomic E-state index is -0.870. The highest BCUT2D eigenvalue weighted by atomic mass is 79.9. The molecule has 2 aromatic rings. The number of anilines is 1. The fraction of sp³-hybridized carbons (Fsp3) is 0.111. The van der Waals surface area contributed by atoms with Gasteiger partial charge < -0.3 is 16.0 Å². The predicted octanol–water partition coefficient (Wildman–Crippen LogP) is 3.85. The molecule has 1 heterocycles. The normalized spacial score (nSPS) is 16.9. The van der Waals surface area contributed by atoms with Gasteiger partial charge in [0.15, 0.2) is 0 Å². The molecule has 3 amide bonds. The van der Waals surface area contributed by atoms with Crippen molar-refractivity contribution < 1.29 is 14.0 Å². The zero-order valence-electron chi connectivity index (χ0n) is 13.3. The first-order valence-corrected chi connectivity index (χ1v) is 8.34. The Labute approximate surface area is 152 Å². The maximum absolute atomic E-state index is 14.2. The molecule has 0 unspecified atom stereocenters. The van der Waals surface area contributed by atoms with Gasteiger partial charge in [-0.15, -0.1) is 0 Å². The van der Waals surface area contributed by atoms with Gasteiger partial charge in [-0.05, 0) is 37.3 Å². The van der Waals surface area contributed by atoms with Crippen LogP contribution >= 0.6 is 15.9 Å². The lowest BCUT2D eigenvalue weighted by Crippen LogP contribution is -2.46. The second-order valence-electron chi connectivity index (χ2n) is 5.55. The molecule has 0 spiro atoms. The van der Waals surface area contributed by atoms with Crippen molar-refractivity contribution >= 4 is 33.6 Å². The summed E-state index contributed by atoms with van der Waals surface area (Å²) in [6, 6.07) is 11.8. The average Bonchev–Trinajstić information content (AvgIpc) is 2.56. The second kappa shape index (κ2) is 7.06. The van der Waals surface area contributed by atoms with E-state index in [-0.39, 0.29) is 11.1 Å². The van der Waals surface area contributed by atoms with Gasteiger partial charge in [0.05, 0.1) is 11.6 Å². The summed E-state index contributed by atoms with van der Waals surface area (Å²) in [6.07, 6.45) is 0. The van der Waals surface area contributed by atoms with Crippen LogP contribution in [-0.4, -0.2) is 11.9 Å². The van der Waals surface area contributed by atoms with E-state index in [4.69, 9.17) is 0 Å². The van der Waals surface area contributed by atoms with E-state index in [0.29, 0.717) is 11.4 Å². The van der Waals surface area contributed by atoms with E-state index in [1.54, 1.807) is 49.4 Å². The Hall–Kier alpha value is -2.67. The molecule has 1 atom stereocenters. The van der Waals surface area contributed by atoms with Gasteiger partial charge in [-0.25, -0.2) is 9.18 Å². The maximum atomic E-state index is 14.2. The molecule has 7 heteroatoms. The summed E-state index contributed by atoms with van der Waals surface area (Å²) >= 11 is 3.33. The molecule has 3 N–H and O–H groups in total. The van der Waals surface area contributed by atoms with Gasteiger partial charge in [0.2, 0.25) is 0 Å². The number of carbonyl (C=O) groups is 2. The number of nitrogens with one attached hydrogen (secondary N) is 3. The van der Waals surface area contributed by atoms with Crippen molar-refractivity contribution in [3.8, 4) is 0 Å². The van der Waals surface area contributed by atoms with E-state index >= 15 is 0 Å². The van der Waals surface area contributed by atoms with Gasteiger partial charge in [0.25, 0.3) is 5.91 Å². The third-order valence-corrected chi connectivity index (χ3v) is 4.36. The highest BCUT2D eigenvalue weighted by Gasteiger charge is 2.32. The summed E-state index contributed by atoms with van der Waals surface area (Å²) in [4.78, 5) is 24.6. The number of rotatable bonds is 3. The maximum Gasteiger partial charge on any atom is 0.319 e. The van der Waals surface area contributed by atoms with Crippen LogP contribution in [0.1, 0.15) is 18.5 Å². The number of hydrogen-bond acceptors (Lipinski definition) is 2. The van der Waals surface area contributed by atoms with Gasteiger partial charge in [-0.3, -0.25) is 4.79 Å². The lowest BCUT2D eigenvalue weighted by molar-refractivity contribution is -0.113. The summed E-state index contributed by atoms with van der Waals surface area (Å²) in [5.74, 6) is -0.906. The molecule has 5 nitrogen and oxygen atoms in total. The number of halogens is 2. The van der Waals surface area contributed by atoms with E-state index in [1.165, 1.54) is 6.07 Å². The number of benzene rings is 2. The van der Waals surface area contributed by atoms with E-state index in [1.807, 2.05) is 0 Å². The quantitative estimate of drug-likeness (QED) is 0.728. The zero-order chi connectivity index (χ0) is 18.0. The van der Waals surface area contributed by atoms with Crippen LogP contribution in [0.3, 0.4) is 0 Å². The second-order valence-corrected chi connectivity index (χ2v) is 6.47. The molecule has 0 saturated heterocycles. The molecular formula is C18H15BrFN3O2. The van der Waals surface area contributed by atoms with E-state index in [2.05, 4.69) is 31.9 Å². The molecule has 25 heavy (non-hydrogen) atoms. The van der Waals surface area contributed by atoms with Gasteiger partial charge >= 0.3 is 6.03 Å². The van der Waals surface area contributed by atoms with Crippen LogP contribution in [0.5, 0.6) is 0 Å². The van der Waals surface area contributed by atoms with Crippen LogP contribution in [0.15, 0.2) is 64.3 Å². The first-order chi connectivity index (χ1) is 12.0. The summed E-state index contributed by atoms with van der Waals surface area (Å²) in [5, 5.41) is 7.95. The van der Waals surface area contributed by atoms with Crippen LogP contribution in [0, 0.1) is 5.82 Å². The first-order valence-electron chi connectivity index (χ1n) is 7.55. The van der Waals surface area contributed by atoms with Crippen molar-refractivity contribution in [2.24, 2.45) is 0 Å². The molecule has 1 aliphatic heterocycles. The molecule has 0 radical (unpaired) electrons. The van der Waals surface area contributed by atoms with Gasteiger partial charge in [-0.2, -0.15) is 0 Å². The molecule has 3 rings (SSSR count). The van der Waals surface area contributed by atoms with Gasteiger partial charge in [0, 0.05) is 21.4 Å². The first kappa shape index (κ1) is 17.2. The number of amides is 3. The summed E-state index contributed by atoms with van der Waals surface area (Å²) in [5.41, 5.74) is 1.47. The fourth-order valence-corrected chi connectivity index (χ4v) is 2.93. The summed E-state index contributed by atoms with van der Waals surface area (Å²) in [6.45, 7) is 1.61. The Bertz CT molecular complexity index is 865. The Morgan fingerprint density at radius 3 is 2.52 bits per heavy atom. The van der Waals surface area contributed by atoms with E-state index in [9.17, 15) is 14.0 Å². The molecular weight excluding hydrogens is 389 g/mol. The van der Waals surface area contributed by atoms with E-state index < -0.39 is 23.8 Å². The number of carbonyl (C=O) groups excluding carboxylic acids is 2. The SMILES string of the molecule is CC1=C(C(=O)Nc2ccc(Br)cc2)[C@H](c2ccccc2F)NC(=O)N1. The van der Waals surface area contributed by atoms with Crippen molar-refractivity contribution in [3.05, 3.63) is 75.7 Å². The monoisotopic (exact) mass is 403 g/mol. The topological polar surface area (TPSA) is 70.2 Å². The van der Waals surface area contributed by atoms with Gasteiger partial charge in [0.1, 0.15) is 5.82 Å². The third-order valence-electron chi connectivity index (χ3n) is 3.83. The Morgan fingerprint density at radius 1 is 1.16 bits per heavy atom. The van der Waals surface area contributed by atoms with Gasteiger partial charge in [-0.1, -0.05) is 34.1 Å². The average molecular weight is 404 g/mol.